The molecular formula is C31H44N6O2. The van der Waals surface area contributed by atoms with Gasteiger partial charge in [-0.3, -0.25) is 19.6 Å². The summed E-state index contributed by atoms with van der Waals surface area (Å²) in [4.78, 5) is 36.3. The van der Waals surface area contributed by atoms with Gasteiger partial charge in [-0.1, -0.05) is 82.1 Å². The molecule has 2 heterocycles. The minimum atomic E-state index is -0.914. The van der Waals surface area contributed by atoms with Crippen LogP contribution in [-0.2, 0) is 17.6 Å². The largest absolute Gasteiger partial charge is 0.399 e. The quantitative estimate of drug-likeness (QED) is 0.264. The van der Waals surface area contributed by atoms with Crippen LogP contribution in [0.5, 0.6) is 0 Å². The predicted octanol–water partition coefficient (Wildman–Crippen LogP) is 5.00. The molecule has 39 heavy (non-hydrogen) atoms. The highest BCUT2D eigenvalue weighted by molar-refractivity contribution is 6.05. The first kappa shape index (κ1) is 28.6. The fraction of sp³-hybridized carbons (Fsp3) is 0.516. The van der Waals surface area contributed by atoms with Crippen molar-refractivity contribution < 1.29 is 9.59 Å². The van der Waals surface area contributed by atoms with Crippen LogP contribution in [0.15, 0.2) is 59.6 Å². The summed E-state index contributed by atoms with van der Waals surface area (Å²) in [7, 11) is 0. The standard InChI is InChI=1S/C31H44N6O2/c1-4-21-35-29(38)28-31(5-2,34-27(37(28)33-6-3)23-24-16-10-9-11-17-24)36(30(35)39)22-15-8-7-12-18-25-19-13-14-20-26(25)32/h9-11,13-14,16-17,19-20,28,33H,4-8,12,15,18,21-23,32H2,1-3H3. The van der Waals surface area contributed by atoms with E-state index in [0.29, 0.717) is 32.5 Å². The number of fused-ring (bicyclic) bond motifs is 1. The normalized spacial score (nSPS) is 20.9. The number of carbonyl (C=O) groups is 2. The Balaban J connectivity index is 1.53. The molecular weight excluding hydrogens is 488 g/mol. The summed E-state index contributed by atoms with van der Waals surface area (Å²) in [5, 5.41) is 1.95. The summed E-state index contributed by atoms with van der Waals surface area (Å²) in [6.45, 7) is 7.71. The molecule has 4 rings (SSSR count). The van der Waals surface area contributed by atoms with Gasteiger partial charge in [-0.05, 0) is 49.3 Å². The van der Waals surface area contributed by atoms with Gasteiger partial charge in [-0.15, -0.1) is 0 Å². The van der Waals surface area contributed by atoms with Gasteiger partial charge >= 0.3 is 6.03 Å². The van der Waals surface area contributed by atoms with Crippen LogP contribution in [-0.4, -0.2) is 63.9 Å². The highest BCUT2D eigenvalue weighted by atomic mass is 16.2. The van der Waals surface area contributed by atoms with E-state index in [1.807, 2.05) is 67.1 Å². The number of aryl methyl sites for hydroxylation is 1. The average molecular weight is 533 g/mol. The number of hydrogen-bond acceptors (Lipinski definition) is 6. The highest BCUT2D eigenvalue weighted by Gasteiger charge is 2.61. The molecule has 0 spiro atoms. The van der Waals surface area contributed by atoms with E-state index >= 15 is 0 Å². The molecule has 0 aliphatic carbocycles. The third-order valence-corrected chi connectivity index (χ3v) is 7.86. The second-order valence-corrected chi connectivity index (χ2v) is 10.5. The zero-order chi connectivity index (χ0) is 27.8. The number of unbranched alkanes of at least 4 members (excludes halogenated alkanes) is 3. The van der Waals surface area contributed by atoms with Gasteiger partial charge in [0.15, 0.2) is 11.7 Å². The first-order valence-electron chi connectivity index (χ1n) is 14.6. The van der Waals surface area contributed by atoms with Crippen LogP contribution in [0, 0.1) is 0 Å². The number of amides is 3. The highest BCUT2D eigenvalue weighted by Crippen LogP contribution is 2.40. The van der Waals surface area contributed by atoms with E-state index in [9.17, 15) is 9.59 Å². The lowest BCUT2D eigenvalue weighted by atomic mass is 9.91. The van der Waals surface area contributed by atoms with E-state index < -0.39 is 11.7 Å². The molecule has 0 aromatic heterocycles. The number of carbonyl (C=O) groups excluding carboxylic acids is 2. The number of benzene rings is 2. The number of nitrogen functional groups attached to an aromatic ring is 1. The molecule has 3 N–H and O–H groups in total. The maximum Gasteiger partial charge on any atom is 0.328 e. The second-order valence-electron chi connectivity index (χ2n) is 10.5. The van der Waals surface area contributed by atoms with E-state index in [4.69, 9.17) is 10.7 Å². The van der Waals surface area contributed by atoms with Crippen LogP contribution < -0.4 is 11.2 Å². The van der Waals surface area contributed by atoms with Crippen LogP contribution in [0.2, 0.25) is 0 Å². The Morgan fingerprint density at radius 2 is 1.64 bits per heavy atom. The SMILES string of the molecule is CCCN1C(=O)C2N(NCC)C(Cc3ccccc3)=NC2(CC)N(CCCCCCc2ccccc2N)C1=O. The number of imide groups is 1. The maximum atomic E-state index is 13.9. The van der Waals surface area contributed by atoms with Gasteiger partial charge in [0.05, 0.1) is 0 Å². The Hall–Kier alpha value is -3.39. The number of nitrogens with two attached hydrogens (primary N) is 1. The number of urea groups is 1. The third kappa shape index (κ3) is 5.96. The van der Waals surface area contributed by atoms with Crippen molar-refractivity contribution in [1.29, 1.82) is 0 Å². The Labute approximate surface area is 233 Å². The summed E-state index contributed by atoms with van der Waals surface area (Å²) in [5.41, 5.74) is 11.8. The van der Waals surface area contributed by atoms with Crippen molar-refractivity contribution in [2.45, 2.75) is 83.8 Å². The Morgan fingerprint density at radius 1 is 0.923 bits per heavy atom. The molecule has 3 amide bonds. The minimum Gasteiger partial charge on any atom is -0.399 e. The number of anilines is 1. The molecule has 8 nitrogen and oxygen atoms in total. The van der Waals surface area contributed by atoms with Gasteiger partial charge in [0.25, 0.3) is 5.91 Å². The van der Waals surface area contributed by atoms with Crippen LogP contribution in [0.3, 0.4) is 0 Å². The van der Waals surface area contributed by atoms with Gasteiger partial charge in [0.1, 0.15) is 5.84 Å². The van der Waals surface area contributed by atoms with Crippen LogP contribution >= 0.6 is 0 Å². The van der Waals surface area contributed by atoms with Gasteiger partial charge in [0, 0.05) is 31.7 Å². The Morgan fingerprint density at radius 3 is 2.33 bits per heavy atom. The molecule has 2 aromatic carbocycles. The van der Waals surface area contributed by atoms with E-state index in [2.05, 4.69) is 23.6 Å². The van der Waals surface area contributed by atoms with Crippen LogP contribution in [0.4, 0.5) is 10.5 Å². The van der Waals surface area contributed by atoms with Gasteiger partial charge < -0.3 is 5.73 Å². The van der Waals surface area contributed by atoms with Gasteiger partial charge in [-0.25, -0.2) is 15.2 Å². The Kier molecular flexibility index (Phi) is 9.62. The molecule has 0 bridgehead atoms. The average Bonchev–Trinajstić information content (AvgIpc) is 3.25. The lowest BCUT2D eigenvalue weighted by Crippen LogP contribution is -2.73. The molecule has 0 radical (unpaired) electrons. The fourth-order valence-electron chi connectivity index (χ4n) is 5.90. The van der Waals surface area contributed by atoms with Crippen molar-refractivity contribution in [1.82, 2.24) is 20.2 Å². The first-order chi connectivity index (χ1) is 19.0. The number of amidine groups is 1. The number of rotatable bonds is 14. The smallest absolute Gasteiger partial charge is 0.328 e. The van der Waals surface area contributed by atoms with Crippen molar-refractivity contribution in [2.75, 3.05) is 25.4 Å². The minimum absolute atomic E-state index is 0.159. The van der Waals surface area contributed by atoms with Gasteiger partial charge in [-0.2, -0.15) is 0 Å². The van der Waals surface area contributed by atoms with E-state index in [0.717, 1.165) is 55.6 Å². The van der Waals surface area contributed by atoms with Crippen molar-refractivity contribution in [3.05, 3.63) is 65.7 Å². The molecule has 2 aliphatic heterocycles. The zero-order valence-electron chi connectivity index (χ0n) is 23.7. The summed E-state index contributed by atoms with van der Waals surface area (Å²) in [6, 6.07) is 17.4. The lowest BCUT2D eigenvalue weighted by Gasteiger charge is -2.50. The van der Waals surface area contributed by atoms with Crippen LogP contribution in [0.1, 0.15) is 70.4 Å². The zero-order valence-corrected chi connectivity index (χ0v) is 23.7. The van der Waals surface area contributed by atoms with E-state index in [1.54, 1.807) is 0 Å². The molecule has 2 aromatic rings. The summed E-state index contributed by atoms with van der Waals surface area (Å²) < 4.78 is 0. The predicted molar refractivity (Wildman–Crippen MR) is 157 cm³/mol. The number of nitrogens with zero attached hydrogens (tertiary/aromatic N) is 4. The number of nitrogens with one attached hydrogen (secondary N) is 1. The molecule has 2 aliphatic rings. The van der Waals surface area contributed by atoms with Crippen LogP contribution in [0.25, 0.3) is 0 Å². The van der Waals surface area contributed by atoms with E-state index in [1.165, 1.54) is 10.5 Å². The first-order valence-corrected chi connectivity index (χ1v) is 14.6. The maximum absolute atomic E-state index is 13.9. The van der Waals surface area contributed by atoms with Crippen molar-refractivity contribution >= 4 is 23.5 Å². The number of aliphatic imine (C=N–C) groups is 1. The summed E-state index contributed by atoms with van der Waals surface area (Å²) >= 11 is 0. The Bertz CT molecular complexity index is 1150. The molecule has 2 unspecified atom stereocenters. The third-order valence-electron chi connectivity index (χ3n) is 7.86. The summed E-state index contributed by atoms with van der Waals surface area (Å²) in [6.07, 6.45) is 6.82. The molecule has 0 saturated carbocycles. The second kappa shape index (κ2) is 13.1. The number of para-hydroxylation sites is 1. The molecule has 2 atom stereocenters. The lowest BCUT2D eigenvalue weighted by molar-refractivity contribution is -0.144. The monoisotopic (exact) mass is 532 g/mol. The van der Waals surface area contributed by atoms with Gasteiger partial charge in [0.2, 0.25) is 0 Å². The van der Waals surface area contributed by atoms with Crippen molar-refractivity contribution in [3.8, 4) is 0 Å². The molecule has 1 fully saturated rings. The summed E-state index contributed by atoms with van der Waals surface area (Å²) in [5.74, 6) is 0.646. The number of hydrogen-bond donors (Lipinski definition) is 2. The molecule has 210 valence electrons. The van der Waals surface area contributed by atoms with Crippen molar-refractivity contribution in [3.63, 3.8) is 0 Å². The van der Waals surface area contributed by atoms with Crippen molar-refractivity contribution in [2.24, 2.45) is 4.99 Å². The topological polar surface area (TPSA) is 94.3 Å². The fourth-order valence-corrected chi connectivity index (χ4v) is 5.90. The number of hydrazine groups is 1. The molecule has 8 heteroatoms. The molecule has 1 saturated heterocycles. The van der Waals surface area contributed by atoms with E-state index in [-0.39, 0.29) is 11.9 Å².